The first kappa shape index (κ1) is 12.5. The third-order valence-electron chi connectivity index (χ3n) is 2.37. The van der Waals surface area contributed by atoms with Gasteiger partial charge in [-0.15, -0.1) is 11.6 Å². The summed E-state index contributed by atoms with van der Waals surface area (Å²) >= 11 is 5.73. The van der Waals surface area contributed by atoms with Crippen molar-refractivity contribution in [2.24, 2.45) is 5.92 Å². The third-order valence-corrected chi connectivity index (χ3v) is 2.89. The maximum absolute atomic E-state index is 5.73. The van der Waals surface area contributed by atoms with E-state index in [4.69, 9.17) is 11.6 Å². The van der Waals surface area contributed by atoms with Crippen LogP contribution >= 0.6 is 11.6 Å². The molecule has 0 bridgehead atoms. The van der Waals surface area contributed by atoms with Crippen molar-refractivity contribution in [1.82, 2.24) is 10.3 Å². The van der Waals surface area contributed by atoms with Gasteiger partial charge >= 0.3 is 0 Å². The van der Waals surface area contributed by atoms with Crippen LogP contribution in [-0.2, 0) is 6.54 Å². The summed E-state index contributed by atoms with van der Waals surface area (Å²) in [5.41, 5.74) is 1.24. The summed E-state index contributed by atoms with van der Waals surface area (Å²) in [6.07, 6.45) is 6.08. The number of hydrogen-bond donors (Lipinski definition) is 1. The van der Waals surface area contributed by atoms with Crippen molar-refractivity contribution in [3.05, 3.63) is 30.1 Å². The summed E-state index contributed by atoms with van der Waals surface area (Å²) < 4.78 is 0. The molecule has 0 spiro atoms. The third kappa shape index (κ3) is 5.75. The molecule has 1 aromatic rings. The molecule has 1 atom stereocenters. The van der Waals surface area contributed by atoms with Gasteiger partial charge in [0.1, 0.15) is 0 Å². The number of alkyl halides is 1. The standard InChI is InChI=1S/C12H19ClN2/c1-11(8-13)4-2-6-14-9-12-5-3-7-15-10-12/h3,5,7,10-11,14H,2,4,6,8-9H2,1H3. The highest BCUT2D eigenvalue weighted by molar-refractivity contribution is 6.18. The fraction of sp³-hybridized carbons (Fsp3) is 0.583. The average molecular weight is 227 g/mol. The van der Waals surface area contributed by atoms with E-state index in [9.17, 15) is 0 Å². The van der Waals surface area contributed by atoms with Crippen LogP contribution in [0.15, 0.2) is 24.5 Å². The second-order valence-electron chi connectivity index (χ2n) is 3.94. The monoisotopic (exact) mass is 226 g/mol. The topological polar surface area (TPSA) is 24.9 Å². The number of nitrogens with zero attached hydrogens (tertiary/aromatic N) is 1. The van der Waals surface area contributed by atoms with E-state index in [1.807, 2.05) is 12.3 Å². The quantitative estimate of drug-likeness (QED) is 0.571. The predicted molar refractivity (Wildman–Crippen MR) is 65.1 cm³/mol. The molecule has 0 aliphatic carbocycles. The van der Waals surface area contributed by atoms with Crippen LogP contribution < -0.4 is 5.32 Å². The highest BCUT2D eigenvalue weighted by Crippen LogP contribution is 2.06. The molecule has 0 amide bonds. The van der Waals surface area contributed by atoms with E-state index in [0.717, 1.165) is 19.0 Å². The largest absolute Gasteiger partial charge is 0.313 e. The van der Waals surface area contributed by atoms with Crippen molar-refractivity contribution in [2.45, 2.75) is 26.3 Å². The molecule has 0 fully saturated rings. The number of pyridine rings is 1. The second kappa shape index (κ2) is 7.66. The number of hydrogen-bond acceptors (Lipinski definition) is 2. The van der Waals surface area contributed by atoms with Gasteiger partial charge in [0, 0.05) is 24.8 Å². The molecule has 0 saturated carbocycles. The lowest BCUT2D eigenvalue weighted by Gasteiger charge is -2.07. The van der Waals surface area contributed by atoms with Crippen molar-refractivity contribution in [3.63, 3.8) is 0 Å². The van der Waals surface area contributed by atoms with Crippen molar-refractivity contribution in [3.8, 4) is 0 Å². The van der Waals surface area contributed by atoms with E-state index < -0.39 is 0 Å². The minimum absolute atomic E-state index is 0.631. The van der Waals surface area contributed by atoms with E-state index in [0.29, 0.717) is 5.92 Å². The van der Waals surface area contributed by atoms with Crippen LogP contribution in [0.1, 0.15) is 25.3 Å². The Kier molecular flexibility index (Phi) is 6.37. The molecule has 0 aromatic carbocycles. The highest BCUT2D eigenvalue weighted by atomic mass is 35.5. The Balaban J connectivity index is 2.03. The Bertz CT molecular complexity index is 251. The van der Waals surface area contributed by atoms with Gasteiger partial charge in [0.2, 0.25) is 0 Å². The number of rotatable bonds is 7. The molecule has 84 valence electrons. The first-order valence-corrected chi connectivity index (χ1v) is 6.02. The van der Waals surface area contributed by atoms with Crippen LogP contribution in [0.3, 0.4) is 0 Å². The summed E-state index contributed by atoms with van der Waals surface area (Å²) in [5, 5.41) is 3.40. The Morgan fingerprint density at radius 2 is 2.40 bits per heavy atom. The van der Waals surface area contributed by atoms with Crippen LogP contribution in [0, 0.1) is 5.92 Å². The second-order valence-corrected chi connectivity index (χ2v) is 4.25. The minimum Gasteiger partial charge on any atom is -0.313 e. The molecule has 1 rings (SSSR count). The molecule has 0 aliphatic rings. The molecule has 1 aromatic heterocycles. The van der Waals surface area contributed by atoms with Crippen LogP contribution in [-0.4, -0.2) is 17.4 Å². The van der Waals surface area contributed by atoms with E-state index in [2.05, 4.69) is 23.3 Å². The molecule has 3 heteroatoms. The van der Waals surface area contributed by atoms with Gasteiger partial charge in [-0.3, -0.25) is 4.98 Å². The van der Waals surface area contributed by atoms with Gasteiger partial charge in [-0.25, -0.2) is 0 Å². The van der Waals surface area contributed by atoms with Gasteiger partial charge in [-0.2, -0.15) is 0 Å². The lowest BCUT2D eigenvalue weighted by atomic mass is 10.1. The minimum atomic E-state index is 0.631. The predicted octanol–water partition coefficient (Wildman–Crippen LogP) is 2.83. The van der Waals surface area contributed by atoms with Crippen LogP contribution in [0.25, 0.3) is 0 Å². The van der Waals surface area contributed by atoms with Gasteiger partial charge in [0.15, 0.2) is 0 Å². The Labute approximate surface area is 97.1 Å². The van der Waals surface area contributed by atoms with Gasteiger partial charge in [0.25, 0.3) is 0 Å². The van der Waals surface area contributed by atoms with Crippen LogP contribution in [0.5, 0.6) is 0 Å². The molecule has 0 aliphatic heterocycles. The molecule has 0 radical (unpaired) electrons. The van der Waals surface area contributed by atoms with E-state index >= 15 is 0 Å². The summed E-state index contributed by atoms with van der Waals surface area (Å²) in [7, 11) is 0. The summed E-state index contributed by atoms with van der Waals surface area (Å²) in [5.74, 6) is 1.40. The lowest BCUT2D eigenvalue weighted by Crippen LogP contribution is -2.15. The smallest absolute Gasteiger partial charge is 0.0312 e. The lowest BCUT2D eigenvalue weighted by molar-refractivity contribution is 0.531. The van der Waals surface area contributed by atoms with Gasteiger partial charge in [-0.1, -0.05) is 13.0 Å². The van der Waals surface area contributed by atoms with Crippen molar-refractivity contribution >= 4 is 11.6 Å². The normalized spacial score (nSPS) is 12.7. The molecular formula is C12H19ClN2. The maximum atomic E-state index is 5.73. The van der Waals surface area contributed by atoms with E-state index in [-0.39, 0.29) is 0 Å². The molecule has 1 N–H and O–H groups in total. The fourth-order valence-corrected chi connectivity index (χ4v) is 1.54. The Hall–Kier alpha value is -0.600. The zero-order chi connectivity index (χ0) is 10.9. The molecular weight excluding hydrogens is 208 g/mol. The summed E-state index contributed by atoms with van der Waals surface area (Å²) in [6, 6.07) is 4.05. The van der Waals surface area contributed by atoms with Gasteiger partial charge in [0.05, 0.1) is 0 Å². The first-order valence-electron chi connectivity index (χ1n) is 5.48. The Morgan fingerprint density at radius 1 is 1.53 bits per heavy atom. The van der Waals surface area contributed by atoms with Gasteiger partial charge in [-0.05, 0) is 36.9 Å². The SMILES string of the molecule is CC(CCl)CCCNCc1cccnc1. The Morgan fingerprint density at radius 3 is 3.07 bits per heavy atom. The van der Waals surface area contributed by atoms with Crippen molar-refractivity contribution in [1.29, 1.82) is 0 Å². The molecule has 1 heterocycles. The number of nitrogens with one attached hydrogen (secondary N) is 1. The highest BCUT2D eigenvalue weighted by Gasteiger charge is 1.98. The van der Waals surface area contributed by atoms with Crippen molar-refractivity contribution < 1.29 is 0 Å². The average Bonchev–Trinajstić information content (AvgIpc) is 2.29. The van der Waals surface area contributed by atoms with Crippen LogP contribution in [0.2, 0.25) is 0 Å². The number of halogens is 1. The summed E-state index contributed by atoms with van der Waals surface area (Å²) in [4.78, 5) is 4.07. The molecule has 0 saturated heterocycles. The van der Waals surface area contributed by atoms with Gasteiger partial charge < -0.3 is 5.32 Å². The van der Waals surface area contributed by atoms with E-state index in [1.165, 1.54) is 18.4 Å². The molecule has 1 unspecified atom stereocenters. The van der Waals surface area contributed by atoms with E-state index in [1.54, 1.807) is 6.20 Å². The van der Waals surface area contributed by atoms with Crippen molar-refractivity contribution in [2.75, 3.05) is 12.4 Å². The summed E-state index contributed by atoms with van der Waals surface area (Å²) in [6.45, 7) is 4.15. The molecule has 15 heavy (non-hydrogen) atoms. The fourth-order valence-electron chi connectivity index (χ4n) is 1.39. The zero-order valence-electron chi connectivity index (χ0n) is 9.25. The number of aromatic nitrogens is 1. The molecule has 2 nitrogen and oxygen atoms in total. The van der Waals surface area contributed by atoms with Crippen LogP contribution in [0.4, 0.5) is 0 Å². The zero-order valence-corrected chi connectivity index (χ0v) is 10.0. The maximum Gasteiger partial charge on any atom is 0.0312 e. The first-order chi connectivity index (χ1) is 7.33.